The Morgan fingerprint density at radius 1 is 1.02 bits per heavy atom. The SMILES string of the molecule is NCC(=O)Nc1nnc(-c2ccccc2O)cc1-n1cc(N2CC[N+](=C3CCC(c4cccc5c4OCCN5C4CCC(=O)NC4=O)CC3)CC2=O)cn1. The number of fused-ring (bicyclic) bond motifs is 1. The zero-order valence-electron chi connectivity index (χ0n) is 29.6. The maximum atomic E-state index is 13.6. The molecule has 3 aliphatic heterocycles. The molecular weight excluding hydrogens is 692 g/mol. The van der Waals surface area contributed by atoms with Gasteiger partial charge in [-0.25, -0.2) is 9.26 Å². The quantitative estimate of drug-likeness (QED) is 0.160. The van der Waals surface area contributed by atoms with Gasteiger partial charge in [0.1, 0.15) is 29.8 Å². The van der Waals surface area contributed by atoms with Crippen LogP contribution in [0.1, 0.15) is 50.0 Å². The number of hydrogen-bond acceptors (Lipinski definition) is 11. The van der Waals surface area contributed by atoms with E-state index in [2.05, 4.69) is 41.5 Å². The van der Waals surface area contributed by atoms with Crippen molar-refractivity contribution in [1.29, 1.82) is 0 Å². The minimum atomic E-state index is -0.459. The highest BCUT2D eigenvalue weighted by Gasteiger charge is 2.37. The Morgan fingerprint density at radius 3 is 2.63 bits per heavy atom. The van der Waals surface area contributed by atoms with Crippen LogP contribution >= 0.6 is 0 Å². The number of nitrogens with one attached hydrogen (secondary N) is 2. The summed E-state index contributed by atoms with van der Waals surface area (Å²) in [7, 11) is 0. The summed E-state index contributed by atoms with van der Waals surface area (Å²) in [5, 5.41) is 28.5. The minimum absolute atomic E-state index is 0.0267. The summed E-state index contributed by atoms with van der Waals surface area (Å²) in [6.45, 7) is 2.21. The number of aromatic hydroxyl groups is 1. The Balaban J connectivity index is 0.954. The molecule has 0 radical (unpaired) electrons. The number of nitrogens with zero attached hydrogens (tertiary/aromatic N) is 7. The van der Waals surface area contributed by atoms with E-state index in [1.807, 2.05) is 12.1 Å². The summed E-state index contributed by atoms with van der Waals surface area (Å²) >= 11 is 0. The number of phenolic OH excluding ortho intramolecular Hbond substituents is 1. The van der Waals surface area contributed by atoms with E-state index in [4.69, 9.17) is 10.5 Å². The first-order chi connectivity index (χ1) is 26.3. The molecule has 1 saturated carbocycles. The number of carbonyl (C=O) groups is 4. The monoisotopic (exact) mass is 733 g/mol. The Morgan fingerprint density at radius 2 is 1.85 bits per heavy atom. The highest BCUT2D eigenvalue weighted by Crippen LogP contribution is 2.44. The molecule has 0 bridgehead atoms. The molecule has 4 aliphatic rings. The van der Waals surface area contributed by atoms with Gasteiger partial charge in [0.2, 0.25) is 24.3 Å². The van der Waals surface area contributed by atoms with Crippen LogP contribution in [0.15, 0.2) is 60.9 Å². The fourth-order valence-electron chi connectivity index (χ4n) is 7.95. The molecule has 5 heterocycles. The van der Waals surface area contributed by atoms with E-state index in [-0.39, 0.29) is 48.3 Å². The number of imide groups is 1. The average molecular weight is 734 g/mol. The molecule has 4 aromatic rings. The van der Waals surface area contributed by atoms with E-state index in [0.717, 1.165) is 42.7 Å². The van der Waals surface area contributed by atoms with E-state index in [0.29, 0.717) is 61.7 Å². The summed E-state index contributed by atoms with van der Waals surface area (Å²) in [6.07, 6.45) is 7.69. The third-order valence-electron chi connectivity index (χ3n) is 10.7. The lowest BCUT2D eigenvalue weighted by molar-refractivity contribution is -0.520. The number of nitrogens with two attached hydrogens (primary N) is 1. The highest BCUT2D eigenvalue weighted by molar-refractivity contribution is 6.02. The number of rotatable bonds is 7. The predicted octanol–water partition coefficient (Wildman–Crippen LogP) is 2.09. The van der Waals surface area contributed by atoms with Crippen LogP contribution in [-0.2, 0) is 19.2 Å². The highest BCUT2D eigenvalue weighted by atomic mass is 16.5. The van der Waals surface area contributed by atoms with Crippen molar-refractivity contribution in [1.82, 2.24) is 25.3 Å². The normalized spacial score (nSPS) is 20.4. The Bertz CT molecular complexity index is 2170. The van der Waals surface area contributed by atoms with Gasteiger partial charge in [-0.2, -0.15) is 5.10 Å². The van der Waals surface area contributed by atoms with Gasteiger partial charge in [0.05, 0.1) is 49.1 Å². The molecule has 5 N–H and O–H groups in total. The molecular formula is C38H41N10O6+. The standard InChI is InChI=1S/C38H40N10O6/c39-19-34(51)41-37-31(18-28(43-44-37)27-4-1-2-7-32(27)49)48-21-25(20-40-48)46-15-14-45(22-35(46)52)24-10-8-23(9-11-24)26-5-3-6-29-36(26)54-17-16-47(29)30-12-13-33(50)42-38(30)53/h1-7,18,20-21,23,30H,8-17,19,22,39H2,(H2-,41,42,43,44,49,50,51,53)/p+1. The lowest BCUT2D eigenvalue weighted by Crippen LogP contribution is -2.54. The molecule has 4 amide bonds. The van der Waals surface area contributed by atoms with E-state index >= 15 is 0 Å². The third-order valence-corrected chi connectivity index (χ3v) is 10.7. The van der Waals surface area contributed by atoms with Gasteiger partial charge >= 0.3 is 0 Å². The van der Waals surface area contributed by atoms with Gasteiger partial charge in [0.15, 0.2) is 18.1 Å². The summed E-state index contributed by atoms with van der Waals surface area (Å²) < 4.78 is 9.95. The number of amides is 4. The topological polar surface area (TPSA) is 201 Å². The Hall–Kier alpha value is -6.16. The van der Waals surface area contributed by atoms with Crippen LogP contribution in [-0.4, -0.2) is 104 Å². The molecule has 16 nitrogen and oxygen atoms in total. The van der Waals surface area contributed by atoms with E-state index in [1.54, 1.807) is 47.6 Å². The first kappa shape index (κ1) is 34.9. The van der Waals surface area contributed by atoms with E-state index in [9.17, 15) is 24.3 Å². The van der Waals surface area contributed by atoms with Gasteiger partial charge in [-0.1, -0.05) is 24.3 Å². The van der Waals surface area contributed by atoms with Gasteiger partial charge in [0, 0.05) is 24.8 Å². The molecule has 54 heavy (non-hydrogen) atoms. The number of carbonyl (C=O) groups excluding carboxylic acids is 4. The molecule has 2 aromatic heterocycles. The molecule has 16 heteroatoms. The second-order valence-corrected chi connectivity index (χ2v) is 13.9. The van der Waals surface area contributed by atoms with Crippen LogP contribution in [0.4, 0.5) is 17.2 Å². The lowest BCUT2D eigenvalue weighted by atomic mass is 9.82. The van der Waals surface area contributed by atoms with Gasteiger partial charge in [-0.3, -0.25) is 29.4 Å². The minimum Gasteiger partial charge on any atom is -0.507 e. The summed E-state index contributed by atoms with van der Waals surface area (Å²) in [5.74, 6) is 0.289. The van der Waals surface area contributed by atoms with Crippen molar-refractivity contribution in [3.8, 4) is 28.4 Å². The van der Waals surface area contributed by atoms with Gasteiger partial charge in [-0.05, 0) is 55.0 Å². The zero-order chi connectivity index (χ0) is 37.3. The third kappa shape index (κ3) is 6.75. The van der Waals surface area contributed by atoms with Crippen LogP contribution in [0.2, 0.25) is 0 Å². The molecule has 2 saturated heterocycles. The molecule has 8 rings (SSSR count). The number of piperidine rings is 1. The van der Waals surface area contributed by atoms with Crippen molar-refractivity contribution in [3.05, 3.63) is 66.5 Å². The predicted molar refractivity (Wildman–Crippen MR) is 198 cm³/mol. The number of phenols is 1. The van der Waals surface area contributed by atoms with Gasteiger partial charge < -0.3 is 25.8 Å². The van der Waals surface area contributed by atoms with Crippen molar-refractivity contribution in [2.45, 2.75) is 50.5 Å². The number of para-hydroxylation sites is 2. The van der Waals surface area contributed by atoms with Crippen molar-refractivity contribution < 1.29 is 33.6 Å². The molecule has 278 valence electrons. The average Bonchev–Trinajstić information content (AvgIpc) is 3.68. The second-order valence-electron chi connectivity index (χ2n) is 13.9. The number of ether oxygens (including phenoxy) is 1. The first-order valence-electron chi connectivity index (χ1n) is 18.2. The van der Waals surface area contributed by atoms with E-state index < -0.39 is 11.9 Å². The fourth-order valence-corrected chi connectivity index (χ4v) is 7.95. The maximum Gasteiger partial charge on any atom is 0.292 e. The first-order valence-corrected chi connectivity index (χ1v) is 18.2. The number of piperazine rings is 1. The maximum absolute atomic E-state index is 13.6. The van der Waals surface area contributed by atoms with Crippen LogP contribution < -0.4 is 30.9 Å². The summed E-state index contributed by atoms with van der Waals surface area (Å²) in [6, 6.07) is 14.1. The second kappa shape index (κ2) is 14.7. The van der Waals surface area contributed by atoms with Gasteiger partial charge in [0.25, 0.3) is 5.91 Å². The molecule has 0 spiro atoms. The number of aromatic nitrogens is 4. The lowest BCUT2D eigenvalue weighted by Gasteiger charge is -2.39. The molecule has 2 aromatic carbocycles. The van der Waals surface area contributed by atoms with E-state index in [1.165, 1.54) is 10.4 Å². The zero-order valence-corrected chi connectivity index (χ0v) is 29.6. The fraction of sp³-hybridized carbons (Fsp3) is 0.368. The van der Waals surface area contributed by atoms with Crippen LogP contribution in [0.5, 0.6) is 11.5 Å². The number of hydrogen-bond donors (Lipinski definition) is 4. The number of anilines is 3. The Labute approximate surface area is 310 Å². The smallest absolute Gasteiger partial charge is 0.292 e. The molecule has 1 unspecified atom stereocenters. The van der Waals surface area contributed by atoms with Crippen molar-refractivity contribution in [2.75, 3.05) is 54.4 Å². The largest absolute Gasteiger partial charge is 0.507 e. The van der Waals surface area contributed by atoms with Crippen molar-refractivity contribution >= 4 is 46.5 Å². The van der Waals surface area contributed by atoms with Crippen molar-refractivity contribution in [3.63, 3.8) is 0 Å². The van der Waals surface area contributed by atoms with Gasteiger partial charge in [-0.15, -0.1) is 10.2 Å². The van der Waals surface area contributed by atoms with Crippen LogP contribution in [0.3, 0.4) is 0 Å². The van der Waals surface area contributed by atoms with Crippen LogP contribution in [0, 0.1) is 0 Å². The molecule has 3 fully saturated rings. The molecule has 1 aliphatic carbocycles. The molecule has 1 atom stereocenters. The van der Waals surface area contributed by atoms with Crippen LogP contribution in [0.25, 0.3) is 16.9 Å². The Kier molecular flexibility index (Phi) is 9.50. The number of benzene rings is 2. The summed E-state index contributed by atoms with van der Waals surface area (Å²) in [4.78, 5) is 54.1. The van der Waals surface area contributed by atoms with Crippen molar-refractivity contribution in [2.24, 2.45) is 5.73 Å². The summed E-state index contributed by atoms with van der Waals surface area (Å²) in [5.41, 5.74) is 10.7.